The average molecular weight is 264 g/mol. The third-order valence-electron chi connectivity index (χ3n) is 2.57. The zero-order chi connectivity index (χ0) is 13.8. The predicted octanol–water partition coefficient (Wildman–Crippen LogP) is 0.554. The standard InChI is InChI=1S/C10H12N6O3/c1-8-13-6-9(16(18)19)15(8)5-3-12-10(17)14-4-2-11-7-14/h2,4,6-7H,3,5H2,1H3,(H,12,17). The molecule has 0 aliphatic carbocycles. The summed E-state index contributed by atoms with van der Waals surface area (Å²) < 4.78 is 2.73. The van der Waals surface area contributed by atoms with Crippen molar-refractivity contribution in [3.8, 4) is 0 Å². The number of imidazole rings is 2. The van der Waals surface area contributed by atoms with E-state index in [0.717, 1.165) is 0 Å². The number of rotatable bonds is 4. The van der Waals surface area contributed by atoms with E-state index in [1.807, 2.05) is 0 Å². The van der Waals surface area contributed by atoms with Crippen molar-refractivity contribution in [1.82, 2.24) is 24.4 Å². The molecule has 1 amide bonds. The highest BCUT2D eigenvalue weighted by molar-refractivity contribution is 5.76. The summed E-state index contributed by atoms with van der Waals surface area (Å²) in [6.45, 7) is 2.21. The van der Waals surface area contributed by atoms with E-state index in [9.17, 15) is 14.9 Å². The average Bonchev–Trinajstić information content (AvgIpc) is 2.99. The third kappa shape index (κ3) is 2.76. The van der Waals surface area contributed by atoms with Crippen LogP contribution in [-0.4, -0.2) is 36.6 Å². The highest BCUT2D eigenvalue weighted by Crippen LogP contribution is 2.12. The summed E-state index contributed by atoms with van der Waals surface area (Å²) in [5.74, 6) is 0.443. The Hall–Kier alpha value is -2.71. The number of carbonyl (C=O) groups excluding carboxylic acids is 1. The van der Waals surface area contributed by atoms with Crippen LogP contribution in [-0.2, 0) is 6.54 Å². The molecule has 0 unspecified atom stereocenters. The van der Waals surface area contributed by atoms with Gasteiger partial charge in [0, 0.05) is 19.3 Å². The van der Waals surface area contributed by atoms with Gasteiger partial charge in [0.2, 0.25) is 0 Å². The minimum atomic E-state index is -0.502. The summed E-state index contributed by atoms with van der Waals surface area (Å²) in [5.41, 5.74) is 0. The molecule has 9 heteroatoms. The Kier molecular flexibility index (Phi) is 3.55. The van der Waals surface area contributed by atoms with Gasteiger partial charge in [0.15, 0.2) is 5.82 Å². The smallest absolute Gasteiger partial charge is 0.342 e. The fourth-order valence-corrected chi connectivity index (χ4v) is 1.62. The Labute approximate surface area is 108 Å². The van der Waals surface area contributed by atoms with E-state index < -0.39 is 4.92 Å². The molecule has 0 spiro atoms. The maximum Gasteiger partial charge on any atom is 0.342 e. The van der Waals surface area contributed by atoms with Crippen molar-refractivity contribution in [3.63, 3.8) is 0 Å². The minimum Gasteiger partial charge on any atom is -0.358 e. The molecule has 0 aromatic carbocycles. The lowest BCUT2D eigenvalue weighted by Crippen LogP contribution is -2.30. The first-order valence-electron chi connectivity index (χ1n) is 5.52. The number of hydrogen-bond acceptors (Lipinski definition) is 5. The van der Waals surface area contributed by atoms with Gasteiger partial charge in [0.05, 0.1) is 6.54 Å². The number of nitrogens with zero attached hydrogens (tertiary/aromatic N) is 5. The molecule has 0 saturated carbocycles. The number of amides is 1. The van der Waals surface area contributed by atoms with E-state index in [1.54, 1.807) is 6.92 Å². The molecule has 0 aliphatic heterocycles. The summed E-state index contributed by atoms with van der Waals surface area (Å²) in [6, 6.07) is -0.335. The van der Waals surface area contributed by atoms with Crippen molar-refractivity contribution in [3.05, 3.63) is 40.9 Å². The summed E-state index contributed by atoms with van der Waals surface area (Å²) in [7, 11) is 0. The van der Waals surface area contributed by atoms with Crippen LogP contribution < -0.4 is 5.32 Å². The molecular weight excluding hydrogens is 252 g/mol. The van der Waals surface area contributed by atoms with Crippen molar-refractivity contribution in [2.24, 2.45) is 0 Å². The zero-order valence-electron chi connectivity index (χ0n) is 10.2. The lowest BCUT2D eigenvalue weighted by atomic mass is 10.5. The third-order valence-corrected chi connectivity index (χ3v) is 2.57. The first kappa shape index (κ1) is 12.7. The Morgan fingerprint density at radius 3 is 3.00 bits per heavy atom. The number of aryl methyl sites for hydroxylation is 1. The summed E-state index contributed by atoms with van der Waals surface area (Å²) >= 11 is 0. The van der Waals surface area contributed by atoms with Gasteiger partial charge >= 0.3 is 11.8 Å². The zero-order valence-corrected chi connectivity index (χ0v) is 10.2. The normalized spacial score (nSPS) is 10.4. The molecule has 0 saturated heterocycles. The number of aromatic nitrogens is 4. The Bertz CT molecular complexity index is 588. The molecule has 0 bridgehead atoms. The van der Waals surface area contributed by atoms with E-state index in [-0.39, 0.29) is 24.9 Å². The first-order chi connectivity index (χ1) is 9.09. The van der Waals surface area contributed by atoms with Crippen molar-refractivity contribution in [1.29, 1.82) is 0 Å². The number of nitro groups is 1. The van der Waals surface area contributed by atoms with Crippen molar-refractivity contribution in [2.75, 3.05) is 6.54 Å². The molecule has 100 valence electrons. The van der Waals surface area contributed by atoms with Crippen LogP contribution in [0.5, 0.6) is 0 Å². The Morgan fingerprint density at radius 2 is 2.37 bits per heavy atom. The van der Waals surface area contributed by atoms with Crippen LogP contribution in [0.1, 0.15) is 5.82 Å². The molecule has 0 fully saturated rings. The van der Waals surface area contributed by atoms with Gasteiger partial charge in [-0.25, -0.2) is 19.3 Å². The van der Waals surface area contributed by atoms with Gasteiger partial charge in [-0.2, -0.15) is 0 Å². The van der Waals surface area contributed by atoms with Crippen molar-refractivity contribution in [2.45, 2.75) is 13.5 Å². The molecule has 2 rings (SSSR count). The molecule has 2 aromatic heterocycles. The minimum absolute atomic E-state index is 0.0885. The predicted molar refractivity (Wildman–Crippen MR) is 64.6 cm³/mol. The molecule has 1 N–H and O–H groups in total. The van der Waals surface area contributed by atoms with E-state index >= 15 is 0 Å². The van der Waals surface area contributed by atoms with Gasteiger partial charge in [0.1, 0.15) is 19.1 Å². The molecule has 19 heavy (non-hydrogen) atoms. The van der Waals surface area contributed by atoms with E-state index in [1.165, 1.54) is 34.1 Å². The Balaban J connectivity index is 1.95. The van der Waals surface area contributed by atoms with Crippen molar-refractivity contribution >= 4 is 11.8 Å². The van der Waals surface area contributed by atoms with Crippen LogP contribution in [0.2, 0.25) is 0 Å². The molecule has 2 heterocycles. The summed E-state index contributed by atoms with van der Waals surface area (Å²) in [4.78, 5) is 29.5. The molecule has 0 radical (unpaired) electrons. The van der Waals surface area contributed by atoms with Gasteiger partial charge in [-0.1, -0.05) is 0 Å². The lowest BCUT2D eigenvalue weighted by Gasteiger charge is -2.05. The van der Waals surface area contributed by atoms with Gasteiger partial charge < -0.3 is 15.4 Å². The van der Waals surface area contributed by atoms with E-state index in [2.05, 4.69) is 15.3 Å². The summed E-state index contributed by atoms with van der Waals surface area (Å²) in [5, 5.41) is 13.4. The van der Waals surface area contributed by atoms with Crippen LogP contribution in [0.4, 0.5) is 10.6 Å². The van der Waals surface area contributed by atoms with Gasteiger partial charge in [-0.15, -0.1) is 0 Å². The fraction of sp³-hybridized carbons (Fsp3) is 0.300. The summed E-state index contributed by atoms with van der Waals surface area (Å²) in [6.07, 6.45) is 5.58. The SMILES string of the molecule is Cc1ncc([N+](=O)[O-])n1CCNC(=O)n1ccnc1. The molecule has 9 nitrogen and oxygen atoms in total. The number of nitrogens with one attached hydrogen (secondary N) is 1. The molecule has 2 aromatic rings. The monoisotopic (exact) mass is 264 g/mol. The second kappa shape index (κ2) is 5.29. The van der Waals surface area contributed by atoms with Crippen LogP contribution in [0.25, 0.3) is 0 Å². The largest absolute Gasteiger partial charge is 0.358 e. The van der Waals surface area contributed by atoms with Gasteiger partial charge in [-0.3, -0.25) is 4.57 Å². The first-order valence-corrected chi connectivity index (χ1v) is 5.52. The van der Waals surface area contributed by atoms with Crippen LogP contribution in [0.15, 0.2) is 24.9 Å². The fourth-order valence-electron chi connectivity index (χ4n) is 1.62. The van der Waals surface area contributed by atoms with Gasteiger partial charge in [0.25, 0.3) is 0 Å². The number of hydrogen-bond donors (Lipinski definition) is 1. The molecule has 0 atom stereocenters. The number of carbonyl (C=O) groups is 1. The second-order valence-corrected chi connectivity index (χ2v) is 3.77. The van der Waals surface area contributed by atoms with Gasteiger partial charge in [-0.05, 0) is 4.92 Å². The quantitative estimate of drug-likeness (QED) is 0.641. The maximum atomic E-state index is 11.6. The van der Waals surface area contributed by atoms with E-state index in [0.29, 0.717) is 5.82 Å². The second-order valence-electron chi connectivity index (χ2n) is 3.77. The topological polar surface area (TPSA) is 108 Å². The van der Waals surface area contributed by atoms with E-state index in [4.69, 9.17) is 0 Å². The lowest BCUT2D eigenvalue weighted by molar-refractivity contribution is -0.392. The van der Waals surface area contributed by atoms with Crippen molar-refractivity contribution < 1.29 is 9.72 Å². The highest BCUT2D eigenvalue weighted by Gasteiger charge is 2.16. The molecule has 0 aliphatic rings. The highest BCUT2D eigenvalue weighted by atomic mass is 16.6. The Morgan fingerprint density at radius 1 is 1.58 bits per heavy atom. The van der Waals surface area contributed by atoms with Crippen LogP contribution in [0.3, 0.4) is 0 Å². The van der Waals surface area contributed by atoms with Crippen LogP contribution >= 0.6 is 0 Å². The maximum absolute atomic E-state index is 11.6. The van der Waals surface area contributed by atoms with Crippen LogP contribution in [0, 0.1) is 17.0 Å². The molecular formula is C10H12N6O3.